The van der Waals surface area contributed by atoms with Crippen molar-refractivity contribution in [1.29, 1.82) is 0 Å². The van der Waals surface area contributed by atoms with Crippen LogP contribution in [0.2, 0.25) is 0 Å². The molecule has 1 amide bonds. The molecular weight excluding hydrogens is 304 g/mol. The maximum absolute atomic E-state index is 12.8. The van der Waals surface area contributed by atoms with Crippen LogP contribution in [0.25, 0.3) is 0 Å². The maximum atomic E-state index is 12.8. The lowest BCUT2D eigenvalue weighted by atomic mass is 10.1. The summed E-state index contributed by atoms with van der Waals surface area (Å²) in [5.74, 6) is 0.0641. The third-order valence-electron chi connectivity index (χ3n) is 5.40. The average Bonchev–Trinajstić information content (AvgIpc) is 3.23. The zero-order valence-electron chi connectivity index (χ0n) is 14.2. The van der Waals surface area contributed by atoms with Gasteiger partial charge < -0.3 is 14.4 Å². The summed E-state index contributed by atoms with van der Waals surface area (Å²) >= 11 is 0. The molecule has 5 heteroatoms. The van der Waals surface area contributed by atoms with E-state index in [1.165, 1.54) is 18.4 Å². The van der Waals surface area contributed by atoms with Crippen molar-refractivity contribution in [2.24, 2.45) is 0 Å². The van der Waals surface area contributed by atoms with E-state index in [4.69, 9.17) is 9.47 Å². The Morgan fingerprint density at radius 3 is 3.04 bits per heavy atom. The average molecular weight is 330 g/mol. The molecule has 3 aliphatic rings. The van der Waals surface area contributed by atoms with Crippen molar-refractivity contribution < 1.29 is 14.3 Å². The molecule has 1 aromatic rings. The minimum Gasteiger partial charge on any atom is -0.376 e. The van der Waals surface area contributed by atoms with Crippen molar-refractivity contribution in [2.45, 2.75) is 44.4 Å². The number of rotatable bonds is 4. The number of amides is 1. The van der Waals surface area contributed by atoms with E-state index >= 15 is 0 Å². The Morgan fingerprint density at radius 1 is 1.25 bits per heavy atom. The second-order valence-corrected chi connectivity index (χ2v) is 7.05. The molecule has 0 radical (unpaired) electrons. The molecule has 5 nitrogen and oxygen atoms in total. The van der Waals surface area contributed by atoms with E-state index in [-0.39, 0.29) is 18.6 Å². The van der Waals surface area contributed by atoms with Gasteiger partial charge in [0.1, 0.15) is 6.61 Å². The molecule has 2 atom stereocenters. The number of ether oxygens (including phenoxy) is 2. The summed E-state index contributed by atoms with van der Waals surface area (Å²) in [5, 5.41) is 0. The van der Waals surface area contributed by atoms with Crippen LogP contribution < -0.4 is 4.90 Å². The van der Waals surface area contributed by atoms with Crippen LogP contribution in [0.15, 0.2) is 24.3 Å². The zero-order chi connectivity index (χ0) is 16.4. The quantitative estimate of drug-likeness (QED) is 0.849. The fraction of sp³-hybridized carbons (Fsp3) is 0.632. The number of carbonyl (C=O) groups is 1. The maximum Gasteiger partial charge on any atom is 0.253 e. The molecule has 0 spiro atoms. The first-order valence-corrected chi connectivity index (χ1v) is 9.13. The van der Waals surface area contributed by atoms with Crippen molar-refractivity contribution in [1.82, 2.24) is 4.90 Å². The number of anilines is 1. The summed E-state index contributed by atoms with van der Waals surface area (Å²) in [6.07, 6.45) is 4.70. The van der Waals surface area contributed by atoms with Gasteiger partial charge in [-0.1, -0.05) is 18.2 Å². The Labute approximate surface area is 143 Å². The lowest BCUT2D eigenvalue weighted by Gasteiger charge is -2.26. The van der Waals surface area contributed by atoms with Gasteiger partial charge in [-0.3, -0.25) is 9.69 Å². The Kier molecular flexibility index (Phi) is 4.83. The first-order valence-electron chi connectivity index (χ1n) is 9.13. The minimum atomic E-state index is 0.0641. The Balaban J connectivity index is 1.44. The third-order valence-corrected chi connectivity index (χ3v) is 5.40. The van der Waals surface area contributed by atoms with Crippen LogP contribution in [0.4, 0.5) is 5.69 Å². The first kappa shape index (κ1) is 16.1. The number of hydrogen-bond donors (Lipinski definition) is 0. The topological polar surface area (TPSA) is 42.0 Å². The van der Waals surface area contributed by atoms with Gasteiger partial charge >= 0.3 is 0 Å². The highest BCUT2D eigenvalue weighted by atomic mass is 16.5. The number of benzene rings is 1. The highest BCUT2D eigenvalue weighted by molar-refractivity contribution is 5.95. The predicted octanol–water partition coefficient (Wildman–Crippen LogP) is 2.19. The predicted molar refractivity (Wildman–Crippen MR) is 92.0 cm³/mol. The number of carbonyl (C=O) groups excluding carboxylic acids is 1. The Morgan fingerprint density at radius 2 is 2.17 bits per heavy atom. The molecule has 4 rings (SSSR count). The van der Waals surface area contributed by atoms with Gasteiger partial charge in [-0.2, -0.15) is 0 Å². The summed E-state index contributed by atoms with van der Waals surface area (Å²) < 4.78 is 11.2. The van der Waals surface area contributed by atoms with Crippen LogP contribution in [0.1, 0.15) is 31.2 Å². The minimum absolute atomic E-state index is 0.0641. The zero-order valence-corrected chi connectivity index (χ0v) is 14.2. The second kappa shape index (κ2) is 7.21. The second-order valence-electron chi connectivity index (χ2n) is 7.05. The van der Waals surface area contributed by atoms with Gasteiger partial charge in [0.05, 0.1) is 12.7 Å². The van der Waals surface area contributed by atoms with Crippen molar-refractivity contribution in [3.63, 3.8) is 0 Å². The summed E-state index contributed by atoms with van der Waals surface area (Å²) in [5.41, 5.74) is 2.30. The molecule has 2 saturated heterocycles. The van der Waals surface area contributed by atoms with Crippen molar-refractivity contribution >= 4 is 11.6 Å². The van der Waals surface area contributed by atoms with Gasteiger partial charge in [0.15, 0.2) is 0 Å². The van der Waals surface area contributed by atoms with Crippen LogP contribution in [0, 0.1) is 0 Å². The van der Waals surface area contributed by atoms with E-state index in [0.717, 1.165) is 44.8 Å². The van der Waals surface area contributed by atoms with E-state index in [9.17, 15) is 4.79 Å². The third kappa shape index (κ3) is 3.34. The largest absolute Gasteiger partial charge is 0.376 e. The number of fused-ring (bicyclic) bond motifs is 2. The molecule has 0 aliphatic carbocycles. The van der Waals surface area contributed by atoms with Crippen LogP contribution in [-0.2, 0) is 20.8 Å². The van der Waals surface area contributed by atoms with Crippen molar-refractivity contribution in [3.05, 3.63) is 29.8 Å². The monoisotopic (exact) mass is 330 g/mol. The fourth-order valence-electron chi connectivity index (χ4n) is 4.11. The standard InChI is InChI=1S/C19H26N2O3/c22-19(14-23-13-17-7-4-10-24-17)21-12-16-6-3-9-20(16)11-15-5-1-2-8-18(15)21/h1-2,5,8,16-17H,3-4,6-7,9-14H2. The van der Waals surface area contributed by atoms with E-state index < -0.39 is 0 Å². The van der Waals surface area contributed by atoms with Crippen molar-refractivity contribution in [3.8, 4) is 0 Å². The van der Waals surface area contributed by atoms with Gasteiger partial charge in [0, 0.05) is 31.4 Å². The van der Waals surface area contributed by atoms with E-state index in [1.54, 1.807) is 0 Å². The summed E-state index contributed by atoms with van der Waals surface area (Å²) in [4.78, 5) is 17.3. The van der Waals surface area contributed by atoms with Crippen LogP contribution in [-0.4, -0.2) is 55.9 Å². The molecule has 0 bridgehead atoms. The molecule has 130 valence electrons. The van der Waals surface area contributed by atoms with Gasteiger partial charge in [-0.25, -0.2) is 0 Å². The lowest BCUT2D eigenvalue weighted by molar-refractivity contribution is -0.124. The Hall–Kier alpha value is -1.43. The molecule has 3 heterocycles. The summed E-state index contributed by atoms with van der Waals surface area (Å²) in [6.45, 7) is 4.34. The van der Waals surface area contributed by atoms with E-state index in [1.807, 2.05) is 11.0 Å². The van der Waals surface area contributed by atoms with Gasteiger partial charge in [-0.15, -0.1) is 0 Å². The molecule has 0 N–H and O–H groups in total. The van der Waals surface area contributed by atoms with Crippen LogP contribution >= 0.6 is 0 Å². The van der Waals surface area contributed by atoms with Gasteiger partial charge in [-0.05, 0) is 43.9 Å². The molecular formula is C19H26N2O3. The molecule has 0 saturated carbocycles. The number of para-hydroxylation sites is 1. The lowest BCUT2D eigenvalue weighted by Crippen LogP contribution is -2.42. The van der Waals surface area contributed by atoms with Crippen LogP contribution in [0.5, 0.6) is 0 Å². The molecule has 0 aromatic heterocycles. The van der Waals surface area contributed by atoms with E-state index in [0.29, 0.717) is 12.6 Å². The van der Waals surface area contributed by atoms with Crippen molar-refractivity contribution in [2.75, 3.05) is 37.8 Å². The SMILES string of the molecule is O=C(COCC1CCCO1)N1CC2CCCN2Cc2ccccc21. The molecule has 2 unspecified atom stereocenters. The number of nitrogens with zero attached hydrogens (tertiary/aromatic N) is 2. The molecule has 2 fully saturated rings. The fourth-order valence-corrected chi connectivity index (χ4v) is 4.11. The summed E-state index contributed by atoms with van der Waals surface area (Å²) in [6, 6.07) is 8.76. The molecule has 1 aromatic carbocycles. The van der Waals surface area contributed by atoms with Crippen LogP contribution in [0.3, 0.4) is 0 Å². The summed E-state index contributed by atoms with van der Waals surface area (Å²) in [7, 11) is 0. The highest BCUT2D eigenvalue weighted by Crippen LogP contribution is 2.31. The Bertz CT molecular complexity index is 586. The first-order chi connectivity index (χ1) is 11.8. The normalized spacial score (nSPS) is 26.9. The smallest absolute Gasteiger partial charge is 0.253 e. The van der Waals surface area contributed by atoms with E-state index in [2.05, 4.69) is 23.1 Å². The number of hydrogen-bond acceptors (Lipinski definition) is 4. The molecule has 24 heavy (non-hydrogen) atoms. The van der Waals surface area contributed by atoms with Gasteiger partial charge in [0.2, 0.25) is 0 Å². The van der Waals surface area contributed by atoms with Gasteiger partial charge in [0.25, 0.3) is 5.91 Å². The highest BCUT2D eigenvalue weighted by Gasteiger charge is 2.33. The molecule has 3 aliphatic heterocycles.